The fraction of sp³-hybridized carbons (Fsp3) is 0.450. The van der Waals surface area contributed by atoms with Gasteiger partial charge < -0.3 is 10.7 Å². The van der Waals surface area contributed by atoms with Gasteiger partial charge in [-0.2, -0.15) is 14.8 Å². The number of nitriles is 2. The molecule has 0 saturated heterocycles. The van der Waals surface area contributed by atoms with Crippen LogP contribution in [0.25, 0.3) is 11.4 Å². The summed E-state index contributed by atoms with van der Waals surface area (Å²) in [5.41, 5.74) is 0.473. The van der Waals surface area contributed by atoms with Crippen LogP contribution >= 0.6 is 11.8 Å². The van der Waals surface area contributed by atoms with Gasteiger partial charge in [0.2, 0.25) is 21.1 Å². The summed E-state index contributed by atoms with van der Waals surface area (Å²) in [4.78, 5) is 14.1. The van der Waals surface area contributed by atoms with E-state index >= 15 is 0 Å². The van der Waals surface area contributed by atoms with Crippen LogP contribution in [0.4, 0.5) is 0 Å². The Labute approximate surface area is 197 Å². The second-order valence-corrected chi connectivity index (χ2v) is 9.66. The molecule has 11 nitrogen and oxygen atoms in total. The van der Waals surface area contributed by atoms with E-state index in [2.05, 4.69) is 10.2 Å². The van der Waals surface area contributed by atoms with E-state index in [-0.39, 0.29) is 53.5 Å². The molecule has 1 aromatic carbocycles. The van der Waals surface area contributed by atoms with Gasteiger partial charge in [-0.25, -0.2) is 13.1 Å². The molecule has 176 valence electrons. The van der Waals surface area contributed by atoms with E-state index in [4.69, 9.17) is 16.4 Å². The SMILES string of the molecule is CCN(CC)S(=O)(=O)c1cccc(-c2nnc(SCC(=O)N(CCC#N)CCC#N)n2N)c1. The lowest BCUT2D eigenvalue weighted by Crippen LogP contribution is -2.34. The molecular formula is C20H26N8O3S2. The first-order valence-corrected chi connectivity index (χ1v) is 12.7. The molecule has 1 heterocycles. The molecule has 0 bridgehead atoms. The molecule has 2 N–H and O–H groups in total. The molecule has 0 aliphatic rings. The standard InChI is InChI=1S/C20H26N8O3S2/c1-3-27(4-2)33(30,31)17-9-5-8-16(14-17)19-24-25-20(28(19)23)32-15-18(29)26(12-6-10-21)13-7-11-22/h5,8-9,14H,3-4,6-7,12-13,15,23H2,1-2H3. The molecule has 0 spiro atoms. The molecule has 33 heavy (non-hydrogen) atoms. The van der Waals surface area contributed by atoms with Crippen LogP contribution in [0.3, 0.4) is 0 Å². The van der Waals surface area contributed by atoms with E-state index in [1.165, 1.54) is 26.0 Å². The van der Waals surface area contributed by atoms with Crippen LogP contribution in [-0.4, -0.2) is 70.3 Å². The highest BCUT2D eigenvalue weighted by molar-refractivity contribution is 7.99. The smallest absolute Gasteiger partial charge is 0.243 e. The van der Waals surface area contributed by atoms with E-state index < -0.39 is 10.0 Å². The Kier molecular flexibility index (Phi) is 9.66. The Morgan fingerprint density at radius 2 is 1.79 bits per heavy atom. The second-order valence-electron chi connectivity index (χ2n) is 6.78. The van der Waals surface area contributed by atoms with Crippen molar-refractivity contribution in [1.29, 1.82) is 10.5 Å². The minimum Gasteiger partial charge on any atom is -0.340 e. The van der Waals surface area contributed by atoms with Gasteiger partial charge >= 0.3 is 0 Å². The van der Waals surface area contributed by atoms with Crippen LogP contribution in [0.2, 0.25) is 0 Å². The summed E-state index contributed by atoms with van der Waals surface area (Å²) in [6.45, 7) is 4.73. The number of nitrogens with two attached hydrogens (primary N) is 1. The fourth-order valence-electron chi connectivity index (χ4n) is 3.03. The van der Waals surface area contributed by atoms with Crippen molar-refractivity contribution in [3.8, 4) is 23.5 Å². The summed E-state index contributed by atoms with van der Waals surface area (Å²) < 4.78 is 28.2. The Morgan fingerprint density at radius 3 is 2.36 bits per heavy atom. The lowest BCUT2D eigenvalue weighted by Gasteiger charge is -2.19. The quantitative estimate of drug-likeness (QED) is 0.342. The predicted octanol–water partition coefficient (Wildman–Crippen LogP) is 1.44. The molecule has 2 aromatic rings. The molecular weight excluding hydrogens is 464 g/mol. The number of carbonyl (C=O) groups is 1. The van der Waals surface area contributed by atoms with Crippen LogP contribution in [0.1, 0.15) is 26.7 Å². The van der Waals surface area contributed by atoms with E-state index in [1.54, 1.807) is 26.0 Å². The number of carbonyl (C=O) groups excluding carboxylic acids is 1. The first-order valence-electron chi connectivity index (χ1n) is 10.3. The molecule has 0 saturated carbocycles. The maximum atomic E-state index is 12.8. The molecule has 1 amide bonds. The average molecular weight is 491 g/mol. The Morgan fingerprint density at radius 1 is 1.15 bits per heavy atom. The zero-order valence-corrected chi connectivity index (χ0v) is 20.1. The maximum Gasteiger partial charge on any atom is 0.243 e. The van der Waals surface area contributed by atoms with Crippen LogP contribution in [0.5, 0.6) is 0 Å². The number of nitrogens with zero attached hydrogens (tertiary/aromatic N) is 7. The summed E-state index contributed by atoms with van der Waals surface area (Å²) >= 11 is 1.07. The third-order valence-electron chi connectivity index (χ3n) is 4.76. The van der Waals surface area contributed by atoms with E-state index in [0.717, 1.165) is 11.8 Å². The van der Waals surface area contributed by atoms with Gasteiger partial charge in [0, 0.05) is 31.7 Å². The van der Waals surface area contributed by atoms with Crippen molar-refractivity contribution in [3.05, 3.63) is 24.3 Å². The van der Waals surface area contributed by atoms with Gasteiger partial charge in [-0.15, -0.1) is 10.2 Å². The van der Waals surface area contributed by atoms with Crippen LogP contribution in [0, 0.1) is 22.7 Å². The monoisotopic (exact) mass is 490 g/mol. The minimum atomic E-state index is -3.65. The lowest BCUT2D eigenvalue weighted by molar-refractivity contribution is -0.128. The Hall–Kier alpha value is -3.13. The predicted molar refractivity (Wildman–Crippen MR) is 123 cm³/mol. The zero-order valence-electron chi connectivity index (χ0n) is 18.5. The lowest BCUT2D eigenvalue weighted by atomic mass is 10.2. The number of rotatable bonds is 12. The van der Waals surface area contributed by atoms with E-state index in [9.17, 15) is 13.2 Å². The van der Waals surface area contributed by atoms with Crippen molar-refractivity contribution in [2.45, 2.75) is 36.7 Å². The van der Waals surface area contributed by atoms with Crippen molar-refractivity contribution in [2.24, 2.45) is 0 Å². The Balaban J connectivity index is 2.19. The van der Waals surface area contributed by atoms with Crippen LogP contribution in [0.15, 0.2) is 34.3 Å². The van der Waals surface area contributed by atoms with Crippen molar-refractivity contribution in [3.63, 3.8) is 0 Å². The third kappa shape index (κ3) is 6.44. The number of aromatic nitrogens is 3. The highest BCUT2D eigenvalue weighted by Crippen LogP contribution is 2.25. The molecule has 0 radical (unpaired) electrons. The van der Waals surface area contributed by atoms with Gasteiger partial charge in [0.25, 0.3) is 0 Å². The summed E-state index contributed by atoms with van der Waals surface area (Å²) in [5.74, 6) is 6.14. The number of hydrogen-bond donors (Lipinski definition) is 1. The van der Waals surface area contributed by atoms with Gasteiger partial charge in [-0.3, -0.25) is 4.79 Å². The minimum absolute atomic E-state index is 0.00255. The second kappa shape index (κ2) is 12.2. The highest BCUT2D eigenvalue weighted by Gasteiger charge is 2.23. The number of nitrogen functional groups attached to an aromatic ring is 1. The van der Waals surface area contributed by atoms with Crippen LogP contribution < -0.4 is 5.84 Å². The van der Waals surface area contributed by atoms with Crippen molar-refractivity contribution in [1.82, 2.24) is 24.1 Å². The fourth-order valence-corrected chi connectivity index (χ4v) is 5.29. The largest absolute Gasteiger partial charge is 0.340 e. The summed E-state index contributed by atoms with van der Waals surface area (Å²) in [6.07, 6.45) is 0.345. The van der Waals surface area contributed by atoms with Crippen molar-refractivity contribution in [2.75, 3.05) is 37.8 Å². The topological polar surface area (TPSA) is 162 Å². The number of hydrogen-bond acceptors (Lipinski definition) is 9. The highest BCUT2D eigenvalue weighted by atomic mass is 32.2. The first kappa shape index (κ1) is 26.1. The number of benzene rings is 1. The third-order valence-corrected chi connectivity index (χ3v) is 7.74. The van der Waals surface area contributed by atoms with Gasteiger partial charge in [0.15, 0.2) is 5.82 Å². The zero-order chi connectivity index (χ0) is 24.4. The van der Waals surface area contributed by atoms with Crippen molar-refractivity contribution < 1.29 is 13.2 Å². The number of thioether (sulfide) groups is 1. The average Bonchev–Trinajstić information content (AvgIpc) is 3.18. The van der Waals surface area contributed by atoms with E-state index in [0.29, 0.717) is 18.7 Å². The molecule has 0 fully saturated rings. The van der Waals surface area contributed by atoms with Crippen LogP contribution in [-0.2, 0) is 14.8 Å². The molecule has 0 unspecified atom stereocenters. The molecule has 0 atom stereocenters. The maximum absolute atomic E-state index is 12.8. The normalized spacial score (nSPS) is 11.2. The molecule has 0 aliphatic heterocycles. The van der Waals surface area contributed by atoms with Gasteiger partial charge in [-0.05, 0) is 12.1 Å². The molecule has 13 heteroatoms. The van der Waals surface area contributed by atoms with Gasteiger partial charge in [-0.1, -0.05) is 37.7 Å². The molecule has 1 aromatic heterocycles. The molecule has 2 rings (SSSR count). The molecule has 0 aliphatic carbocycles. The number of sulfonamides is 1. The van der Waals surface area contributed by atoms with Gasteiger partial charge in [0.1, 0.15) is 0 Å². The first-order chi connectivity index (χ1) is 15.8. The van der Waals surface area contributed by atoms with E-state index in [1.807, 2.05) is 12.1 Å². The summed E-state index contributed by atoms with van der Waals surface area (Å²) in [5, 5.41) is 25.9. The van der Waals surface area contributed by atoms with Gasteiger partial charge in [0.05, 0.1) is 35.6 Å². The van der Waals surface area contributed by atoms with Crippen molar-refractivity contribution >= 4 is 27.7 Å². The number of amides is 1. The Bertz CT molecular complexity index is 1130. The summed E-state index contributed by atoms with van der Waals surface area (Å²) in [6, 6.07) is 10.3. The summed E-state index contributed by atoms with van der Waals surface area (Å²) in [7, 11) is -3.65.